The molecule has 3 heteroatoms. The van der Waals surface area contributed by atoms with Crippen LogP contribution >= 0.6 is 24.0 Å². The highest BCUT2D eigenvalue weighted by Crippen LogP contribution is 2.16. The summed E-state index contributed by atoms with van der Waals surface area (Å²) < 4.78 is 6.31. The van der Waals surface area contributed by atoms with E-state index in [-0.39, 0.29) is 6.10 Å². The van der Waals surface area contributed by atoms with Crippen LogP contribution in [0, 0.1) is 0 Å². The minimum Gasteiger partial charge on any atom is -0.475 e. The Bertz CT molecular complexity index is 322. The van der Waals surface area contributed by atoms with Crippen molar-refractivity contribution in [1.29, 1.82) is 0 Å². The fourth-order valence-electron chi connectivity index (χ4n) is 1.37. The van der Waals surface area contributed by atoms with Crippen LogP contribution in [0.15, 0.2) is 30.3 Å². The number of ether oxygens (including phenoxy) is 1. The highest BCUT2D eigenvalue weighted by molar-refractivity contribution is 8.22. The molecule has 1 atom stereocenters. The van der Waals surface area contributed by atoms with Crippen molar-refractivity contribution in [2.24, 2.45) is 0 Å². The normalized spacial score (nSPS) is 12.5. The van der Waals surface area contributed by atoms with E-state index in [4.69, 9.17) is 17.0 Å². The summed E-state index contributed by atoms with van der Waals surface area (Å²) in [4.78, 5) is 0. The van der Waals surface area contributed by atoms with E-state index in [2.05, 4.69) is 32.9 Å². The number of thioether (sulfide) groups is 1. The maximum Gasteiger partial charge on any atom is 0.220 e. The molecule has 0 radical (unpaired) electrons. The Morgan fingerprint density at radius 3 is 2.44 bits per heavy atom. The van der Waals surface area contributed by atoms with Gasteiger partial charge in [0.05, 0.1) is 0 Å². The van der Waals surface area contributed by atoms with Crippen LogP contribution in [0.1, 0.15) is 26.3 Å². The molecular formula is C13H18OS2. The first-order valence-corrected chi connectivity index (χ1v) is 6.78. The van der Waals surface area contributed by atoms with E-state index in [0.29, 0.717) is 9.63 Å². The zero-order valence-electron chi connectivity index (χ0n) is 9.97. The van der Waals surface area contributed by atoms with Crippen molar-refractivity contribution < 1.29 is 4.74 Å². The molecule has 0 bridgehead atoms. The second-order valence-corrected chi connectivity index (χ2v) is 6.21. The van der Waals surface area contributed by atoms with Gasteiger partial charge in [0.1, 0.15) is 6.10 Å². The molecule has 0 aliphatic carbocycles. The van der Waals surface area contributed by atoms with Gasteiger partial charge in [0, 0.05) is 11.7 Å². The third-order valence-corrected chi connectivity index (χ3v) is 3.14. The minimum atomic E-state index is 0.140. The standard InChI is InChI=1S/C13H18OS2/c1-10(2)16-13(15)14-11(3)9-12-7-5-4-6-8-12/h4-8,10-11H,9H2,1-3H3. The Morgan fingerprint density at radius 2 is 1.88 bits per heavy atom. The lowest BCUT2D eigenvalue weighted by molar-refractivity contribution is 0.222. The van der Waals surface area contributed by atoms with Crippen LogP contribution in [-0.2, 0) is 11.2 Å². The van der Waals surface area contributed by atoms with Crippen molar-refractivity contribution in [2.45, 2.75) is 38.5 Å². The van der Waals surface area contributed by atoms with Gasteiger partial charge in [-0.25, -0.2) is 0 Å². The molecule has 0 heterocycles. The summed E-state index contributed by atoms with van der Waals surface area (Å²) >= 11 is 6.77. The molecule has 0 saturated heterocycles. The van der Waals surface area contributed by atoms with Crippen LogP contribution in [0.2, 0.25) is 0 Å². The molecule has 0 aromatic heterocycles. The quantitative estimate of drug-likeness (QED) is 0.750. The zero-order valence-corrected chi connectivity index (χ0v) is 11.6. The van der Waals surface area contributed by atoms with Gasteiger partial charge in [0.25, 0.3) is 0 Å². The van der Waals surface area contributed by atoms with E-state index in [9.17, 15) is 0 Å². The van der Waals surface area contributed by atoms with Crippen LogP contribution in [0.25, 0.3) is 0 Å². The highest BCUT2D eigenvalue weighted by Gasteiger charge is 2.09. The number of thiocarbonyl (C=S) groups is 1. The number of benzene rings is 1. The third-order valence-electron chi connectivity index (χ3n) is 2.00. The van der Waals surface area contributed by atoms with Crippen LogP contribution in [0.5, 0.6) is 0 Å². The van der Waals surface area contributed by atoms with E-state index in [0.717, 1.165) is 6.42 Å². The predicted molar refractivity (Wildman–Crippen MR) is 76.0 cm³/mol. The van der Waals surface area contributed by atoms with Gasteiger partial charge in [-0.15, -0.1) is 0 Å². The molecule has 0 spiro atoms. The summed E-state index contributed by atoms with van der Waals surface area (Å²) in [7, 11) is 0. The molecule has 1 nitrogen and oxygen atoms in total. The Labute approximate surface area is 108 Å². The summed E-state index contributed by atoms with van der Waals surface area (Å²) in [5, 5.41) is 0.483. The first-order valence-electron chi connectivity index (χ1n) is 5.49. The Balaban J connectivity index is 2.36. The third kappa shape index (κ3) is 5.52. The SMILES string of the molecule is CC(Cc1ccccc1)OC(=S)SC(C)C. The van der Waals surface area contributed by atoms with Crippen LogP contribution in [-0.4, -0.2) is 15.7 Å². The van der Waals surface area contributed by atoms with Gasteiger partial charge in [-0.1, -0.05) is 55.9 Å². The molecule has 0 amide bonds. The number of rotatable bonds is 4. The van der Waals surface area contributed by atoms with E-state index in [1.165, 1.54) is 5.56 Å². The molecule has 16 heavy (non-hydrogen) atoms. The fraction of sp³-hybridized carbons (Fsp3) is 0.462. The molecule has 1 aromatic carbocycles. The lowest BCUT2D eigenvalue weighted by atomic mass is 10.1. The first-order chi connectivity index (χ1) is 7.58. The summed E-state index contributed by atoms with van der Waals surface area (Å²) in [5.41, 5.74) is 1.28. The van der Waals surface area contributed by atoms with Crippen LogP contribution in [0.4, 0.5) is 0 Å². The molecule has 0 fully saturated rings. The Kier molecular flexibility index (Phi) is 5.85. The lowest BCUT2D eigenvalue weighted by Crippen LogP contribution is -2.15. The minimum absolute atomic E-state index is 0.140. The summed E-state index contributed by atoms with van der Waals surface area (Å²) in [5.74, 6) is 0. The smallest absolute Gasteiger partial charge is 0.220 e. The van der Waals surface area contributed by atoms with Crippen LogP contribution < -0.4 is 0 Å². The second kappa shape index (κ2) is 6.92. The van der Waals surface area contributed by atoms with Gasteiger partial charge in [-0.05, 0) is 24.7 Å². The van der Waals surface area contributed by atoms with Crippen molar-refractivity contribution in [3.8, 4) is 0 Å². The highest BCUT2D eigenvalue weighted by atomic mass is 32.2. The van der Waals surface area contributed by atoms with Crippen molar-refractivity contribution in [2.75, 3.05) is 0 Å². The molecule has 0 N–H and O–H groups in total. The number of hydrogen-bond acceptors (Lipinski definition) is 3. The topological polar surface area (TPSA) is 9.23 Å². The average Bonchev–Trinajstić information content (AvgIpc) is 2.17. The molecule has 1 unspecified atom stereocenters. The largest absolute Gasteiger partial charge is 0.475 e. The van der Waals surface area contributed by atoms with E-state index in [1.54, 1.807) is 11.8 Å². The molecule has 0 aliphatic rings. The van der Waals surface area contributed by atoms with Gasteiger partial charge >= 0.3 is 0 Å². The summed E-state index contributed by atoms with van der Waals surface area (Å²) in [6.45, 7) is 6.28. The molecule has 1 aromatic rings. The van der Waals surface area contributed by atoms with Crippen molar-refractivity contribution in [3.63, 3.8) is 0 Å². The maximum atomic E-state index is 5.66. The average molecular weight is 254 g/mol. The molecular weight excluding hydrogens is 236 g/mol. The Morgan fingerprint density at radius 1 is 1.25 bits per heavy atom. The predicted octanol–water partition coefficient (Wildman–Crippen LogP) is 4.06. The second-order valence-electron chi connectivity index (χ2n) is 4.03. The van der Waals surface area contributed by atoms with E-state index >= 15 is 0 Å². The van der Waals surface area contributed by atoms with Crippen LogP contribution in [0.3, 0.4) is 0 Å². The van der Waals surface area contributed by atoms with Gasteiger partial charge < -0.3 is 4.74 Å². The van der Waals surface area contributed by atoms with E-state index in [1.807, 2.05) is 18.2 Å². The maximum absolute atomic E-state index is 5.66. The van der Waals surface area contributed by atoms with Gasteiger partial charge in [-0.3, -0.25) is 0 Å². The summed E-state index contributed by atoms with van der Waals surface area (Å²) in [6.07, 6.45) is 1.04. The lowest BCUT2D eigenvalue weighted by Gasteiger charge is -2.15. The molecule has 0 aliphatic heterocycles. The summed E-state index contributed by atoms with van der Waals surface area (Å²) in [6, 6.07) is 10.3. The zero-order chi connectivity index (χ0) is 12.0. The van der Waals surface area contributed by atoms with Gasteiger partial charge in [0.2, 0.25) is 4.38 Å². The molecule has 88 valence electrons. The molecule has 1 rings (SSSR count). The number of hydrogen-bond donors (Lipinski definition) is 0. The Hall–Kier alpha value is -0.540. The van der Waals surface area contributed by atoms with Crippen molar-refractivity contribution in [3.05, 3.63) is 35.9 Å². The van der Waals surface area contributed by atoms with Crippen molar-refractivity contribution >= 4 is 28.4 Å². The first kappa shape index (κ1) is 13.5. The van der Waals surface area contributed by atoms with Gasteiger partial charge in [-0.2, -0.15) is 0 Å². The monoisotopic (exact) mass is 254 g/mol. The van der Waals surface area contributed by atoms with Crippen molar-refractivity contribution in [1.82, 2.24) is 0 Å². The fourth-order valence-corrected chi connectivity index (χ4v) is 2.72. The molecule has 0 saturated carbocycles. The van der Waals surface area contributed by atoms with Gasteiger partial charge in [0.15, 0.2) is 0 Å². The van der Waals surface area contributed by atoms with E-state index < -0.39 is 0 Å².